The summed E-state index contributed by atoms with van der Waals surface area (Å²) < 4.78 is 5.16. The highest BCUT2D eigenvalue weighted by Crippen LogP contribution is 2.35. The Morgan fingerprint density at radius 2 is 2.00 bits per heavy atom. The molecule has 2 aromatic rings. The number of methoxy groups -OCH3 is 1. The van der Waals surface area contributed by atoms with Crippen molar-refractivity contribution in [3.8, 4) is 0 Å². The van der Waals surface area contributed by atoms with Crippen LogP contribution in [-0.2, 0) is 22.4 Å². The zero-order valence-corrected chi connectivity index (χ0v) is 13.4. The Hall–Kier alpha value is -1.62. The van der Waals surface area contributed by atoms with E-state index < -0.39 is 0 Å². The first-order valence-corrected chi connectivity index (χ1v) is 7.29. The predicted octanol–water partition coefficient (Wildman–Crippen LogP) is 2.66. The van der Waals surface area contributed by atoms with Crippen molar-refractivity contribution in [2.45, 2.75) is 25.4 Å². The van der Waals surface area contributed by atoms with Crippen LogP contribution in [0.2, 0.25) is 0 Å². The Kier molecular flexibility index (Phi) is 5.40. The van der Waals surface area contributed by atoms with Gasteiger partial charge in [-0.3, -0.25) is 4.79 Å². The molecule has 2 aromatic carbocycles. The van der Waals surface area contributed by atoms with Crippen LogP contribution >= 0.6 is 12.4 Å². The summed E-state index contributed by atoms with van der Waals surface area (Å²) in [6.07, 6.45) is 2.21. The fraction of sp³-hybridized carbons (Fsp3) is 0.353. The molecular weight excluding hydrogens is 300 g/mol. The van der Waals surface area contributed by atoms with E-state index in [1.54, 1.807) is 7.11 Å². The van der Waals surface area contributed by atoms with Crippen molar-refractivity contribution in [3.63, 3.8) is 0 Å². The smallest absolute Gasteiger partial charge is 0.227 e. The molecule has 0 heterocycles. The molecule has 1 unspecified atom stereocenters. The molecule has 0 saturated carbocycles. The van der Waals surface area contributed by atoms with Gasteiger partial charge < -0.3 is 15.8 Å². The van der Waals surface area contributed by atoms with Gasteiger partial charge in [0.1, 0.15) is 0 Å². The predicted molar refractivity (Wildman–Crippen MR) is 91.7 cm³/mol. The van der Waals surface area contributed by atoms with E-state index in [9.17, 15) is 4.79 Å². The number of amides is 1. The number of ether oxygens (including phenoxy) is 1. The molecule has 1 amide bonds. The lowest BCUT2D eigenvalue weighted by atomic mass is 10.0. The molecule has 3 rings (SSSR count). The monoisotopic (exact) mass is 320 g/mol. The van der Waals surface area contributed by atoms with Crippen LogP contribution < -0.4 is 11.1 Å². The fourth-order valence-electron chi connectivity index (χ4n) is 3.03. The highest BCUT2D eigenvalue weighted by molar-refractivity contribution is 6.05. The van der Waals surface area contributed by atoms with Gasteiger partial charge in [0.15, 0.2) is 0 Å². The molecule has 0 radical (unpaired) electrons. The highest BCUT2D eigenvalue weighted by atomic mass is 35.5. The number of anilines is 1. The summed E-state index contributed by atoms with van der Waals surface area (Å²) in [7, 11) is 1.57. The highest BCUT2D eigenvalue weighted by Gasteiger charge is 2.17. The lowest BCUT2D eigenvalue weighted by Gasteiger charge is -2.14. The van der Waals surface area contributed by atoms with Crippen molar-refractivity contribution in [1.82, 2.24) is 0 Å². The van der Waals surface area contributed by atoms with Crippen LogP contribution in [0, 0.1) is 0 Å². The average Bonchev–Trinajstić information content (AvgIpc) is 2.92. The van der Waals surface area contributed by atoms with Crippen molar-refractivity contribution in [2.24, 2.45) is 5.73 Å². The number of hydrogen-bond donors (Lipinski definition) is 2. The molecule has 3 N–H and O–H groups in total. The van der Waals surface area contributed by atoms with Crippen LogP contribution in [0.4, 0.5) is 5.69 Å². The molecule has 0 fully saturated rings. The van der Waals surface area contributed by atoms with Crippen LogP contribution in [0.15, 0.2) is 30.3 Å². The summed E-state index contributed by atoms with van der Waals surface area (Å²) in [5, 5.41) is 5.42. The summed E-state index contributed by atoms with van der Waals surface area (Å²) in [6.45, 7) is 0.341. The molecule has 1 atom stereocenters. The first-order valence-electron chi connectivity index (χ1n) is 7.29. The molecule has 0 saturated heterocycles. The van der Waals surface area contributed by atoms with E-state index in [2.05, 4.69) is 29.6 Å². The molecular formula is C17H21ClN2O2. The van der Waals surface area contributed by atoms with Gasteiger partial charge >= 0.3 is 0 Å². The lowest BCUT2D eigenvalue weighted by molar-refractivity contribution is -0.118. The first kappa shape index (κ1) is 16.7. The van der Waals surface area contributed by atoms with E-state index in [1.807, 2.05) is 6.07 Å². The summed E-state index contributed by atoms with van der Waals surface area (Å²) in [4.78, 5) is 12.1. The van der Waals surface area contributed by atoms with E-state index in [1.165, 1.54) is 16.5 Å². The van der Waals surface area contributed by atoms with Crippen molar-refractivity contribution < 1.29 is 9.53 Å². The Labute approximate surface area is 136 Å². The molecule has 4 nitrogen and oxygen atoms in total. The molecule has 0 aliphatic heterocycles. The SMILES string of the molecule is COC(CN)CC(=O)Nc1ccc2c3c(cccc13)CC2.Cl. The van der Waals surface area contributed by atoms with Crippen LogP contribution in [0.1, 0.15) is 17.5 Å². The van der Waals surface area contributed by atoms with Crippen molar-refractivity contribution in [3.05, 3.63) is 41.5 Å². The van der Waals surface area contributed by atoms with Crippen LogP contribution in [0.5, 0.6) is 0 Å². The Morgan fingerprint density at radius 3 is 2.68 bits per heavy atom. The van der Waals surface area contributed by atoms with Gasteiger partial charge in [-0.15, -0.1) is 12.4 Å². The maximum absolute atomic E-state index is 12.1. The Morgan fingerprint density at radius 1 is 1.27 bits per heavy atom. The van der Waals surface area contributed by atoms with Gasteiger partial charge in [0.25, 0.3) is 0 Å². The fourth-order valence-corrected chi connectivity index (χ4v) is 3.03. The maximum Gasteiger partial charge on any atom is 0.227 e. The Bertz CT molecular complexity index is 673. The first-order chi connectivity index (χ1) is 10.2. The third-order valence-corrected chi connectivity index (χ3v) is 4.16. The van der Waals surface area contributed by atoms with E-state index in [0.29, 0.717) is 6.54 Å². The maximum atomic E-state index is 12.1. The van der Waals surface area contributed by atoms with Gasteiger partial charge in [-0.1, -0.05) is 24.3 Å². The zero-order chi connectivity index (χ0) is 14.8. The molecule has 1 aliphatic rings. The number of carbonyl (C=O) groups is 1. The molecule has 0 spiro atoms. The van der Waals surface area contributed by atoms with E-state index in [-0.39, 0.29) is 30.8 Å². The van der Waals surface area contributed by atoms with Crippen molar-refractivity contribution in [2.75, 3.05) is 19.0 Å². The number of benzene rings is 2. The van der Waals surface area contributed by atoms with E-state index in [4.69, 9.17) is 10.5 Å². The quantitative estimate of drug-likeness (QED) is 0.890. The number of carbonyl (C=O) groups excluding carboxylic acids is 1. The van der Waals surface area contributed by atoms with Crippen molar-refractivity contribution >= 4 is 34.8 Å². The van der Waals surface area contributed by atoms with Gasteiger partial charge in [0.2, 0.25) is 5.91 Å². The molecule has 5 heteroatoms. The zero-order valence-electron chi connectivity index (χ0n) is 12.6. The van der Waals surface area contributed by atoms with Gasteiger partial charge in [0.05, 0.1) is 12.5 Å². The summed E-state index contributed by atoms with van der Waals surface area (Å²) in [5.74, 6) is -0.0639. The normalized spacial score (nSPS) is 13.7. The molecule has 0 bridgehead atoms. The Balaban J connectivity index is 0.00000176. The number of hydrogen-bond acceptors (Lipinski definition) is 3. The number of nitrogens with one attached hydrogen (secondary N) is 1. The number of aryl methyl sites for hydroxylation is 2. The number of rotatable bonds is 5. The van der Waals surface area contributed by atoms with Crippen LogP contribution in [0.25, 0.3) is 10.8 Å². The lowest BCUT2D eigenvalue weighted by Crippen LogP contribution is -2.28. The molecule has 22 heavy (non-hydrogen) atoms. The molecule has 0 aromatic heterocycles. The second-order valence-corrected chi connectivity index (χ2v) is 5.46. The minimum atomic E-state index is -0.234. The largest absolute Gasteiger partial charge is 0.380 e. The molecule has 1 aliphatic carbocycles. The number of nitrogens with two attached hydrogens (primary N) is 1. The van der Waals surface area contributed by atoms with Gasteiger partial charge in [-0.05, 0) is 35.4 Å². The van der Waals surface area contributed by atoms with Gasteiger partial charge in [-0.2, -0.15) is 0 Å². The number of halogens is 1. The van der Waals surface area contributed by atoms with Crippen LogP contribution in [-0.4, -0.2) is 25.7 Å². The second-order valence-electron chi connectivity index (χ2n) is 5.46. The average molecular weight is 321 g/mol. The topological polar surface area (TPSA) is 64.3 Å². The minimum Gasteiger partial charge on any atom is -0.380 e. The van der Waals surface area contributed by atoms with Gasteiger partial charge in [-0.25, -0.2) is 0 Å². The third-order valence-electron chi connectivity index (χ3n) is 4.16. The van der Waals surface area contributed by atoms with Gasteiger partial charge in [0, 0.05) is 24.7 Å². The second kappa shape index (κ2) is 7.09. The molecule has 118 valence electrons. The van der Waals surface area contributed by atoms with Crippen molar-refractivity contribution in [1.29, 1.82) is 0 Å². The van der Waals surface area contributed by atoms with Crippen LogP contribution in [0.3, 0.4) is 0 Å². The summed E-state index contributed by atoms with van der Waals surface area (Å²) in [6, 6.07) is 10.4. The van der Waals surface area contributed by atoms with E-state index in [0.717, 1.165) is 23.9 Å². The third kappa shape index (κ3) is 3.09. The van der Waals surface area contributed by atoms with E-state index >= 15 is 0 Å². The minimum absolute atomic E-state index is 0. The summed E-state index contributed by atoms with van der Waals surface area (Å²) >= 11 is 0. The standard InChI is InChI=1S/C17H20N2O2.ClH/c1-21-13(10-18)9-16(20)19-15-8-7-12-6-5-11-3-2-4-14(15)17(11)12;/h2-4,7-8,13H,5-6,9-10,18H2,1H3,(H,19,20);1H. The summed E-state index contributed by atoms with van der Waals surface area (Å²) in [5.41, 5.74) is 9.17.